The van der Waals surface area contributed by atoms with Crippen molar-refractivity contribution >= 4 is 17.7 Å². The molecule has 0 spiro atoms. The van der Waals surface area contributed by atoms with Gasteiger partial charge < -0.3 is 14.8 Å². The normalized spacial score (nSPS) is 12.4. The summed E-state index contributed by atoms with van der Waals surface area (Å²) in [5.74, 6) is 2.07. The second-order valence-electron chi connectivity index (χ2n) is 3.70. The molecule has 17 heavy (non-hydrogen) atoms. The second-order valence-corrected chi connectivity index (χ2v) is 5.09. The molecule has 0 aliphatic heterocycles. The molecule has 0 aromatic heterocycles. The highest BCUT2D eigenvalue weighted by atomic mass is 32.2. The van der Waals surface area contributed by atoms with Gasteiger partial charge in [0.15, 0.2) is 0 Å². The van der Waals surface area contributed by atoms with Crippen LogP contribution in [0, 0.1) is 0 Å². The van der Waals surface area contributed by atoms with Crippen LogP contribution in [0.1, 0.15) is 27.2 Å². The largest absolute Gasteiger partial charge is 0.464 e. The van der Waals surface area contributed by atoms with Gasteiger partial charge in [-0.15, -0.1) is 0 Å². The van der Waals surface area contributed by atoms with Crippen LogP contribution in [-0.4, -0.2) is 49.9 Å². The Morgan fingerprint density at radius 1 is 1.41 bits per heavy atom. The van der Waals surface area contributed by atoms with Gasteiger partial charge in [0.2, 0.25) is 0 Å². The highest BCUT2D eigenvalue weighted by molar-refractivity contribution is 7.99. The van der Waals surface area contributed by atoms with E-state index in [0.717, 1.165) is 13.0 Å². The lowest BCUT2D eigenvalue weighted by Gasteiger charge is -2.13. The molecular formula is C12H25NO3S. The van der Waals surface area contributed by atoms with Crippen molar-refractivity contribution in [3.05, 3.63) is 0 Å². The number of carbonyl (C=O) groups excluding carboxylic acids is 1. The molecule has 4 nitrogen and oxygen atoms in total. The van der Waals surface area contributed by atoms with Crippen LogP contribution in [0.3, 0.4) is 0 Å². The number of nitrogens with one attached hydrogen (secondary N) is 1. The first-order valence-corrected chi connectivity index (χ1v) is 7.40. The summed E-state index contributed by atoms with van der Waals surface area (Å²) in [4.78, 5) is 10.9. The van der Waals surface area contributed by atoms with Gasteiger partial charge in [-0.3, -0.25) is 0 Å². The number of carbonyl (C=O) groups is 1. The third kappa shape index (κ3) is 12.0. The Morgan fingerprint density at radius 2 is 2.18 bits per heavy atom. The molecule has 0 radical (unpaired) electrons. The lowest BCUT2D eigenvalue weighted by molar-refractivity contribution is -0.148. The van der Waals surface area contributed by atoms with Crippen LogP contribution >= 0.6 is 11.8 Å². The average molecular weight is 263 g/mol. The molecule has 0 aliphatic carbocycles. The van der Waals surface area contributed by atoms with E-state index in [0.29, 0.717) is 19.3 Å². The van der Waals surface area contributed by atoms with Crippen molar-refractivity contribution in [1.82, 2.24) is 5.32 Å². The Kier molecular flexibility index (Phi) is 12.0. The van der Waals surface area contributed by atoms with Gasteiger partial charge in [0, 0.05) is 12.6 Å². The first kappa shape index (κ1) is 16.7. The van der Waals surface area contributed by atoms with Crippen molar-refractivity contribution in [2.75, 3.05) is 37.9 Å². The Labute approximate surface area is 109 Å². The average Bonchev–Trinajstić information content (AvgIpc) is 2.29. The third-order valence-electron chi connectivity index (χ3n) is 2.16. The molecule has 0 aliphatic rings. The van der Waals surface area contributed by atoms with Crippen molar-refractivity contribution in [2.45, 2.75) is 33.2 Å². The quantitative estimate of drug-likeness (QED) is 0.454. The van der Waals surface area contributed by atoms with Crippen LogP contribution < -0.4 is 5.32 Å². The molecule has 1 atom stereocenters. The number of hydrogen-bond donors (Lipinski definition) is 1. The van der Waals surface area contributed by atoms with Gasteiger partial charge in [-0.25, -0.2) is 4.79 Å². The molecule has 0 saturated carbocycles. The summed E-state index contributed by atoms with van der Waals surface area (Å²) in [6, 6.07) is 0.500. The van der Waals surface area contributed by atoms with E-state index in [2.05, 4.69) is 19.2 Å². The zero-order valence-electron chi connectivity index (χ0n) is 11.2. The van der Waals surface area contributed by atoms with Gasteiger partial charge in [-0.05, 0) is 31.8 Å². The summed E-state index contributed by atoms with van der Waals surface area (Å²) < 4.78 is 9.93. The van der Waals surface area contributed by atoms with Gasteiger partial charge in [0.25, 0.3) is 0 Å². The van der Waals surface area contributed by atoms with Crippen LogP contribution in [0.15, 0.2) is 0 Å². The van der Waals surface area contributed by atoms with Crippen LogP contribution in [0.25, 0.3) is 0 Å². The SMILES string of the molecule is CCOC(=O)COCCNC(C)CCSCC. The fourth-order valence-corrected chi connectivity index (χ4v) is 2.05. The molecule has 0 saturated heterocycles. The molecule has 1 N–H and O–H groups in total. The summed E-state index contributed by atoms with van der Waals surface area (Å²) in [5, 5.41) is 3.36. The maximum atomic E-state index is 10.9. The lowest BCUT2D eigenvalue weighted by Crippen LogP contribution is -2.30. The lowest BCUT2D eigenvalue weighted by atomic mass is 10.2. The minimum atomic E-state index is -0.292. The summed E-state index contributed by atoms with van der Waals surface area (Å²) >= 11 is 1.96. The first-order valence-electron chi connectivity index (χ1n) is 6.25. The van der Waals surface area contributed by atoms with E-state index in [9.17, 15) is 4.79 Å². The number of thioether (sulfide) groups is 1. The molecule has 0 amide bonds. The molecule has 0 heterocycles. The van der Waals surface area contributed by atoms with Gasteiger partial charge in [0.1, 0.15) is 6.61 Å². The van der Waals surface area contributed by atoms with Gasteiger partial charge in [-0.1, -0.05) is 6.92 Å². The molecule has 0 aromatic carbocycles. The van der Waals surface area contributed by atoms with E-state index in [4.69, 9.17) is 9.47 Å². The maximum absolute atomic E-state index is 10.9. The Hall–Kier alpha value is -0.260. The number of rotatable bonds is 11. The molecule has 0 bridgehead atoms. The highest BCUT2D eigenvalue weighted by Crippen LogP contribution is 2.03. The van der Waals surface area contributed by atoms with E-state index in [-0.39, 0.29) is 12.6 Å². The summed E-state index contributed by atoms with van der Waals surface area (Å²) in [6.07, 6.45) is 1.16. The van der Waals surface area contributed by atoms with E-state index in [1.807, 2.05) is 11.8 Å². The molecule has 0 aromatic rings. The summed E-state index contributed by atoms with van der Waals surface area (Å²) in [5.41, 5.74) is 0. The van der Waals surface area contributed by atoms with Gasteiger partial charge in [-0.2, -0.15) is 11.8 Å². The Morgan fingerprint density at radius 3 is 2.82 bits per heavy atom. The van der Waals surface area contributed by atoms with Crippen molar-refractivity contribution in [1.29, 1.82) is 0 Å². The minimum Gasteiger partial charge on any atom is -0.464 e. The molecule has 5 heteroatoms. The predicted molar refractivity (Wildman–Crippen MR) is 72.5 cm³/mol. The number of ether oxygens (including phenoxy) is 2. The van der Waals surface area contributed by atoms with Crippen LogP contribution in [0.4, 0.5) is 0 Å². The van der Waals surface area contributed by atoms with Crippen molar-refractivity contribution < 1.29 is 14.3 Å². The Balaban J connectivity index is 3.24. The summed E-state index contributed by atoms with van der Waals surface area (Å²) in [6.45, 7) is 7.91. The standard InChI is InChI=1S/C12H25NO3S/c1-4-16-12(14)10-15-8-7-13-11(3)6-9-17-5-2/h11,13H,4-10H2,1-3H3. The van der Waals surface area contributed by atoms with Gasteiger partial charge >= 0.3 is 5.97 Å². The summed E-state index contributed by atoms with van der Waals surface area (Å²) in [7, 11) is 0. The monoisotopic (exact) mass is 263 g/mol. The molecular weight excluding hydrogens is 238 g/mol. The van der Waals surface area contributed by atoms with Crippen LogP contribution in [0.2, 0.25) is 0 Å². The Bertz CT molecular complexity index is 191. The van der Waals surface area contributed by atoms with Crippen molar-refractivity contribution in [2.24, 2.45) is 0 Å². The topological polar surface area (TPSA) is 47.6 Å². The molecule has 0 rings (SSSR count). The second kappa shape index (κ2) is 12.2. The van der Waals surface area contributed by atoms with E-state index in [1.165, 1.54) is 11.5 Å². The van der Waals surface area contributed by atoms with Crippen molar-refractivity contribution in [3.8, 4) is 0 Å². The van der Waals surface area contributed by atoms with E-state index >= 15 is 0 Å². The first-order chi connectivity index (χ1) is 8.20. The van der Waals surface area contributed by atoms with Gasteiger partial charge in [0.05, 0.1) is 13.2 Å². The zero-order valence-corrected chi connectivity index (χ0v) is 12.0. The fourth-order valence-electron chi connectivity index (χ4n) is 1.24. The highest BCUT2D eigenvalue weighted by Gasteiger charge is 2.02. The number of hydrogen-bond acceptors (Lipinski definition) is 5. The van der Waals surface area contributed by atoms with E-state index in [1.54, 1.807) is 6.92 Å². The molecule has 102 valence electrons. The minimum absolute atomic E-state index is 0.0512. The smallest absolute Gasteiger partial charge is 0.332 e. The third-order valence-corrected chi connectivity index (χ3v) is 3.10. The number of esters is 1. The zero-order chi connectivity index (χ0) is 12.9. The molecule has 1 unspecified atom stereocenters. The fraction of sp³-hybridized carbons (Fsp3) is 0.917. The van der Waals surface area contributed by atoms with Crippen molar-refractivity contribution in [3.63, 3.8) is 0 Å². The maximum Gasteiger partial charge on any atom is 0.332 e. The van der Waals surface area contributed by atoms with E-state index < -0.39 is 0 Å². The van der Waals surface area contributed by atoms with Crippen LogP contribution in [0.5, 0.6) is 0 Å². The van der Waals surface area contributed by atoms with Crippen LogP contribution in [-0.2, 0) is 14.3 Å². The molecule has 0 fully saturated rings. The predicted octanol–water partition coefficient (Wildman–Crippen LogP) is 1.69.